The lowest BCUT2D eigenvalue weighted by Gasteiger charge is -2.27. The highest BCUT2D eigenvalue weighted by atomic mass is 32.2. The van der Waals surface area contributed by atoms with Crippen LogP contribution >= 0.6 is 11.8 Å². The number of nitrogens with one attached hydrogen (secondary N) is 2. The van der Waals surface area contributed by atoms with Crippen LogP contribution in [0.3, 0.4) is 0 Å². The van der Waals surface area contributed by atoms with Gasteiger partial charge in [0.15, 0.2) is 5.17 Å². The zero-order valence-electron chi connectivity index (χ0n) is 17.8. The number of amides is 3. The van der Waals surface area contributed by atoms with Gasteiger partial charge in [-0.2, -0.15) is 4.99 Å². The fourth-order valence-electron chi connectivity index (χ4n) is 3.70. The number of carbonyl (C=O) groups excluding carboxylic acids is 3. The third-order valence-electron chi connectivity index (χ3n) is 5.45. The fraction of sp³-hybridized carbons (Fsp3) is 0.333. The number of benzene rings is 2. The molecule has 2 aromatic rings. The molecule has 3 amide bonds. The van der Waals surface area contributed by atoms with E-state index in [0.717, 1.165) is 36.7 Å². The highest BCUT2D eigenvalue weighted by molar-refractivity contribution is 8.15. The first kappa shape index (κ1) is 22.1. The van der Waals surface area contributed by atoms with E-state index in [-0.39, 0.29) is 24.1 Å². The molecule has 0 spiro atoms. The summed E-state index contributed by atoms with van der Waals surface area (Å²) in [5.41, 5.74) is 2.12. The molecule has 166 valence electrons. The third-order valence-corrected chi connectivity index (χ3v) is 6.67. The molecule has 0 aromatic heterocycles. The maximum Gasteiger partial charge on any atom is 0.262 e. The summed E-state index contributed by atoms with van der Waals surface area (Å²) in [6.45, 7) is 2.29. The Bertz CT molecular complexity index is 1000. The second kappa shape index (κ2) is 10.5. The van der Waals surface area contributed by atoms with Gasteiger partial charge in [-0.1, -0.05) is 42.1 Å². The first-order valence-electron chi connectivity index (χ1n) is 10.8. The lowest BCUT2D eigenvalue weighted by atomic mass is 10.1. The first-order chi connectivity index (χ1) is 15.6. The number of aliphatic imine (C=N–C) groups is 1. The molecule has 1 saturated heterocycles. The van der Waals surface area contributed by atoms with E-state index < -0.39 is 5.25 Å². The summed E-state index contributed by atoms with van der Waals surface area (Å²) < 4.78 is 0. The van der Waals surface area contributed by atoms with Crippen molar-refractivity contribution in [3.8, 4) is 0 Å². The van der Waals surface area contributed by atoms with E-state index in [1.54, 1.807) is 24.3 Å². The lowest BCUT2D eigenvalue weighted by molar-refractivity contribution is -0.121. The van der Waals surface area contributed by atoms with Crippen molar-refractivity contribution in [3.63, 3.8) is 0 Å². The molecule has 0 radical (unpaired) electrons. The second-order valence-electron chi connectivity index (χ2n) is 7.88. The first-order valence-corrected chi connectivity index (χ1v) is 11.7. The molecule has 1 fully saturated rings. The van der Waals surface area contributed by atoms with Crippen molar-refractivity contribution >= 4 is 40.3 Å². The van der Waals surface area contributed by atoms with E-state index in [0.29, 0.717) is 17.8 Å². The van der Waals surface area contributed by atoms with Crippen molar-refractivity contribution in [3.05, 3.63) is 65.7 Å². The standard InChI is InChI=1S/C24H26N4O3S/c29-21(15-20-23(31)27-24(32-20)28-13-5-2-6-14-28)26-19-11-9-18(10-12-19)22(30)25-16-17-7-3-1-4-8-17/h1,3-4,7-12,20H,2,5-6,13-16H2,(H,25,30)(H,26,29)/t20-/m0/s1. The van der Waals surface area contributed by atoms with Crippen molar-refractivity contribution in [1.82, 2.24) is 10.2 Å². The second-order valence-corrected chi connectivity index (χ2v) is 9.05. The Hall–Kier alpha value is -3.13. The minimum atomic E-state index is -0.477. The molecule has 0 saturated carbocycles. The maximum atomic E-state index is 12.5. The van der Waals surface area contributed by atoms with Gasteiger partial charge in [-0.05, 0) is 49.1 Å². The number of anilines is 1. The number of rotatable bonds is 6. The quantitative estimate of drug-likeness (QED) is 0.704. The van der Waals surface area contributed by atoms with Crippen LogP contribution in [0.1, 0.15) is 41.6 Å². The SMILES string of the molecule is O=C(C[C@@H]1SC(N2CCCCC2)=NC1=O)Nc1ccc(C(=O)NCc2ccccc2)cc1. The molecule has 0 unspecified atom stereocenters. The van der Waals surface area contributed by atoms with Crippen molar-refractivity contribution in [2.75, 3.05) is 18.4 Å². The average Bonchev–Trinajstić information content (AvgIpc) is 3.19. The highest BCUT2D eigenvalue weighted by Gasteiger charge is 2.33. The Morgan fingerprint density at radius 1 is 1.00 bits per heavy atom. The topological polar surface area (TPSA) is 90.9 Å². The number of piperidine rings is 1. The Morgan fingerprint density at radius 3 is 2.44 bits per heavy atom. The lowest BCUT2D eigenvalue weighted by Crippen LogP contribution is -2.33. The van der Waals surface area contributed by atoms with E-state index in [1.165, 1.54) is 18.2 Å². The average molecular weight is 451 g/mol. The van der Waals surface area contributed by atoms with Gasteiger partial charge < -0.3 is 15.5 Å². The third kappa shape index (κ3) is 5.76. The molecule has 0 bridgehead atoms. The Labute approximate surface area is 191 Å². The van der Waals surface area contributed by atoms with Gasteiger partial charge in [0.1, 0.15) is 5.25 Å². The number of thioether (sulfide) groups is 1. The van der Waals surface area contributed by atoms with E-state index in [4.69, 9.17) is 0 Å². The van der Waals surface area contributed by atoms with Crippen molar-refractivity contribution in [2.45, 2.75) is 37.5 Å². The summed E-state index contributed by atoms with van der Waals surface area (Å²) in [7, 11) is 0. The van der Waals surface area contributed by atoms with Crippen molar-refractivity contribution in [1.29, 1.82) is 0 Å². The molecule has 2 aromatic carbocycles. The van der Waals surface area contributed by atoms with E-state index in [1.807, 2.05) is 30.3 Å². The van der Waals surface area contributed by atoms with E-state index >= 15 is 0 Å². The summed E-state index contributed by atoms with van der Waals surface area (Å²) in [5.74, 6) is -0.662. The van der Waals surface area contributed by atoms with Crippen LogP contribution in [0.25, 0.3) is 0 Å². The van der Waals surface area contributed by atoms with Gasteiger partial charge in [0.05, 0.1) is 0 Å². The van der Waals surface area contributed by atoms with Gasteiger partial charge in [0.25, 0.3) is 11.8 Å². The largest absolute Gasteiger partial charge is 0.351 e. The van der Waals surface area contributed by atoms with Gasteiger partial charge >= 0.3 is 0 Å². The van der Waals surface area contributed by atoms with Crippen LogP contribution in [0.15, 0.2) is 59.6 Å². The monoisotopic (exact) mass is 450 g/mol. The van der Waals surface area contributed by atoms with Crippen LogP contribution in [0.5, 0.6) is 0 Å². The van der Waals surface area contributed by atoms with E-state index in [9.17, 15) is 14.4 Å². The van der Waals surface area contributed by atoms with Crippen molar-refractivity contribution in [2.24, 2.45) is 4.99 Å². The molecule has 8 heteroatoms. The predicted molar refractivity (Wildman–Crippen MR) is 127 cm³/mol. The molecule has 1 atom stereocenters. The van der Waals surface area contributed by atoms with Crippen LogP contribution in [0, 0.1) is 0 Å². The highest BCUT2D eigenvalue weighted by Crippen LogP contribution is 2.29. The number of amidine groups is 1. The molecule has 2 heterocycles. The summed E-state index contributed by atoms with van der Waals surface area (Å²) in [5, 5.41) is 5.96. The predicted octanol–water partition coefficient (Wildman–Crippen LogP) is 3.43. The van der Waals surface area contributed by atoms with Gasteiger partial charge in [-0.15, -0.1) is 0 Å². The summed E-state index contributed by atoms with van der Waals surface area (Å²) in [4.78, 5) is 43.3. The van der Waals surface area contributed by atoms with E-state index in [2.05, 4.69) is 20.5 Å². The van der Waals surface area contributed by atoms with Gasteiger partial charge in [-0.25, -0.2) is 0 Å². The van der Waals surface area contributed by atoms with Crippen molar-refractivity contribution < 1.29 is 14.4 Å². The van der Waals surface area contributed by atoms with Crippen LogP contribution in [-0.2, 0) is 16.1 Å². The molecule has 7 nitrogen and oxygen atoms in total. The molecular weight excluding hydrogens is 424 g/mol. The summed E-state index contributed by atoms with van der Waals surface area (Å²) in [6, 6.07) is 16.4. The minimum Gasteiger partial charge on any atom is -0.351 e. The molecule has 2 aliphatic heterocycles. The summed E-state index contributed by atoms with van der Waals surface area (Å²) >= 11 is 1.39. The summed E-state index contributed by atoms with van der Waals surface area (Å²) in [6.07, 6.45) is 3.50. The Balaban J connectivity index is 1.25. The van der Waals surface area contributed by atoms with Crippen LogP contribution in [-0.4, -0.2) is 46.1 Å². The number of likely N-dealkylation sites (tertiary alicyclic amines) is 1. The molecular formula is C24H26N4O3S. The van der Waals surface area contributed by atoms with Crippen LogP contribution in [0.2, 0.25) is 0 Å². The molecule has 4 rings (SSSR count). The Morgan fingerprint density at radius 2 is 1.72 bits per heavy atom. The molecule has 32 heavy (non-hydrogen) atoms. The van der Waals surface area contributed by atoms with Gasteiger partial charge in [-0.3, -0.25) is 14.4 Å². The van der Waals surface area contributed by atoms with Gasteiger partial charge in [0, 0.05) is 37.3 Å². The fourth-order valence-corrected chi connectivity index (χ4v) is 4.81. The van der Waals surface area contributed by atoms with Gasteiger partial charge in [0.2, 0.25) is 5.91 Å². The Kier molecular flexibility index (Phi) is 7.21. The zero-order chi connectivity index (χ0) is 22.3. The molecule has 2 aliphatic rings. The number of carbonyl (C=O) groups is 3. The maximum absolute atomic E-state index is 12.5. The minimum absolute atomic E-state index is 0.0731. The number of nitrogens with zero attached hydrogens (tertiary/aromatic N) is 2. The molecule has 0 aliphatic carbocycles. The van der Waals surface area contributed by atoms with Crippen LogP contribution < -0.4 is 10.6 Å². The number of hydrogen-bond acceptors (Lipinski definition) is 5. The zero-order valence-corrected chi connectivity index (χ0v) is 18.6. The number of hydrogen-bond donors (Lipinski definition) is 2. The smallest absolute Gasteiger partial charge is 0.262 e. The van der Waals surface area contributed by atoms with Crippen LogP contribution in [0.4, 0.5) is 5.69 Å². The molecule has 2 N–H and O–H groups in total. The normalized spacial score (nSPS) is 18.2.